The normalized spacial score (nSPS) is 10.6. The third kappa shape index (κ3) is 1.99. The van der Waals surface area contributed by atoms with E-state index in [1.165, 1.54) is 0 Å². The highest BCUT2D eigenvalue weighted by Gasteiger charge is 2.07. The molecule has 0 unspecified atom stereocenters. The summed E-state index contributed by atoms with van der Waals surface area (Å²) in [5, 5.41) is 4.09. The second-order valence-corrected chi connectivity index (χ2v) is 4.11. The molecule has 0 bridgehead atoms. The molecule has 0 atom stereocenters. The molecule has 0 aliphatic rings. The van der Waals surface area contributed by atoms with Gasteiger partial charge in [-0.25, -0.2) is 14.6 Å². The molecule has 2 aromatic heterocycles. The van der Waals surface area contributed by atoms with Crippen molar-refractivity contribution >= 4 is 21.7 Å². The van der Waals surface area contributed by atoms with Gasteiger partial charge in [0.2, 0.25) is 0 Å². The zero-order valence-corrected chi connectivity index (χ0v) is 9.98. The quantitative estimate of drug-likeness (QED) is 0.853. The van der Waals surface area contributed by atoms with Gasteiger partial charge in [0.25, 0.3) is 5.95 Å². The molecule has 0 radical (unpaired) electrons. The number of aromatic nitrogens is 4. The van der Waals surface area contributed by atoms with Crippen LogP contribution in [-0.2, 0) is 0 Å². The molecule has 0 aromatic carbocycles. The van der Waals surface area contributed by atoms with Crippen molar-refractivity contribution in [3.05, 3.63) is 28.1 Å². The van der Waals surface area contributed by atoms with Crippen LogP contribution in [0.3, 0.4) is 0 Å². The maximum Gasteiger partial charge on any atom is 0.251 e. The van der Waals surface area contributed by atoms with Crippen LogP contribution >= 0.6 is 15.9 Å². The Kier molecular flexibility index (Phi) is 2.44. The van der Waals surface area contributed by atoms with Gasteiger partial charge in [-0.05, 0) is 35.8 Å². The van der Waals surface area contributed by atoms with Gasteiger partial charge < -0.3 is 5.73 Å². The van der Waals surface area contributed by atoms with Crippen LogP contribution in [0.2, 0.25) is 0 Å². The molecular formula is C9H10BrN5. The van der Waals surface area contributed by atoms with Crippen molar-refractivity contribution < 1.29 is 0 Å². The highest BCUT2D eigenvalue weighted by Crippen LogP contribution is 2.18. The Morgan fingerprint density at radius 3 is 2.33 bits per heavy atom. The fourth-order valence-electron chi connectivity index (χ4n) is 1.28. The zero-order chi connectivity index (χ0) is 11.0. The Morgan fingerprint density at radius 2 is 1.87 bits per heavy atom. The number of nitrogens with zero attached hydrogens (tertiary/aromatic N) is 4. The minimum atomic E-state index is 0.428. The number of rotatable bonds is 1. The van der Waals surface area contributed by atoms with Crippen LogP contribution in [0.15, 0.2) is 16.7 Å². The molecule has 2 N–H and O–H groups in total. The third-order valence-electron chi connectivity index (χ3n) is 1.87. The molecule has 0 amide bonds. The zero-order valence-electron chi connectivity index (χ0n) is 8.40. The number of anilines is 1. The van der Waals surface area contributed by atoms with Crippen molar-refractivity contribution in [2.75, 3.05) is 5.73 Å². The Labute approximate surface area is 95.5 Å². The summed E-state index contributed by atoms with van der Waals surface area (Å²) in [7, 11) is 0. The first-order chi connectivity index (χ1) is 7.06. The molecule has 5 nitrogen and oxygen atoms in total. The van der Waals surface area contributed by atoms with E-state index in [1.807, 2.05) is 19.9 Å². The van der Waals surface area contributed by atoms with Gasteiger partial charge in [-0.15, -0.1) is 5.10 Å². The number of hydrogen-bond donors (Lipinski definition) is 1. The second kappa shape index (κ2) is 3.62. The van der Waals surface area contributed by atoms with Gasteiger partial charge >= 0.3 is 0 Å². The summed E-state index contributed by atoms with van der Waals surface area (Å²) in [4.78, 5) is 8.54. The van der Waals surface area contributed by atoms with Crippen molar-refractivity contribution in [3.8, 4) is 5.95 Å². The fourth-order valence-corrected chi connectivity index (χ4v) is 1.55. The summed E-state index contributed by atoms with van der Waals surface area (Å²) in [5.74, 6) is 0.961. The molecule has 2 aromatic rings. The summed E-state index contributed by atoms with van der Waals surface area (Å²) < 4.78 is 2.30. The van der Waals surface area contributed by atoms with E-state index >= 15 is 0 Å². The molecule has 0 spiro atoms. The van der Waals surface area contributed by atoms with Gasteiger partial charge in [0.15, 0.2) is 5.82 Å². The van der Waals surface area contributed by atoms with Gasteiger partial charge in [0.1, 0.15) is 0 Å². The Balaban J connectivity index is 2.53. The van der Waals surface area contributed by atoms with Crippen molar-refractivity contribution in [1.82, 2.24) is 19.7 Å². The molecule has 2 rings (SSSR count). The van der Waals surface area contributed by atoms with Crippen molar-refractivity contribution in [1.29, 1.82) is 0 Å². The molecule has 0 saturated heterocycles. The molecule has 2 heterocycles. The van der Waals surface area contributed by atoms with Gasteiger partial charge in [-0.3, -0.25) is 0 Å². The summed E-state index contributed by atoms with van der Waals surface area (Å²) in [6.45, 7) is 3.83. The minimum absolute atomic E-state index is 0.428. The van der Waals surface area contributed by atoms with Crippen molar-refractivity contribution in [2.45, 2.75) is 13.8 Å². The van der Waals surface area contributed by atoms with E-state index in [4.69, 9.17) is 5.73 Å². The van der Waals surface area contributed by atoms with E-state index < -0.39 is 0 Å². The smallest absolute Gasteiger partial charge is 0.251 e. The van der Waals surface area contributed by atoms with Crippen LogP contribution in [0, 0.1) is 13.8 Å². The topological polar surface area (TPSA) is 69.6 Å². The van der Waals surface area contributed by atoms with Crippen LogP contribution < -0.4 is 5.73 Å². The van der Waals surface area contributed by atoms with E-state index in [9.17, 15) is 0 Å². The van der Waals surface area contributed by atoms with Crippen molar-refractivity contribution in [2.24, 2.45) is 0 Å². The van der Waals surface area contributed by atoms with Crippen LogP contribution in [0.5, 0.6) is 0 Å². The first kappa shape index (κ1) is 10.1. The van der Waals surface area contributed by atoms with Gasteiger partial charge in [0, 0.05) is 11.4 Å². The summed E-state index contributed by atoms with van der Waals surface area (Å²) in [6, 6.07) is 1.91. The number of aryl methyl sites for hydroxylation is 2. The molecule has 6 heteroatoms. The van der Waals surface area contributed by atoms with E-state index in [0.717, 1.165) is 15.9 Å². The average Bonchev–Trinajstić information content (AvgIpc) is 2.45. The van der Waals surface area contributed by atoms with Gasteiger partial charge in [-0.2, -0.15) is 0 Å². The summed E-state index contributed by atoms with van der Waals surface area (Å²) >= 11 is 3.29. The summed E-state index contributed by atoms with van der Waals surface area (Å²) in [6.07, 6.45) is 1.74. The highest BCUT2D eigenvalue weighted by atomic mass is 79.9. The Hall–Kier alpha value is -1.43. The molecule has 15 heavy (non-hydrogen) atoms. The lowest BCUT2D eigenvalue weighted by Gasteiger charge is -2.01. The first-order valence-electron chi connectivity index (χ1n) is 4.39. The number of halogens is 1. The maximum absolute atomic E-state index is 5.62. The monoisotopic (exact) mass is 267 g/mol. The Bertz CT molecular complexity index is 465. The minimum Gasteiger partial charge on any atom is -0.381 e. The standard InChI is InChI=1S/C9H10BrN5/c1-5-3-6(2)13-9(12-5)15-4-7(10)8(11)14-15/h3-4H,1-2H3,(H2,11,14). The molecule has 0 aliphatic carbocycles. The van der Waals surface area contributed by atoms with Crippen LogP contribution in [-0.4, -0.2) is 19.7 Å². The lowest BCUT2D eigenvalue weighted by atomic mass is 10.4. The molecule has 0 aliphatic heterocycles. The van der Waals surface area contributed by atoms with Crippen molar-refractivity contribution in [3.63, 3.8) is 0 Å². The number of nitrogen functional groups attached to an aromatic ring is 1. The van der Waals surface area contributed by atoms with E-state index in [-0.39, 0.29) is 0 Å². The predicted molar refractivity (Wildman–Crippen MR) is 60.7 cm³/mol. The molecule has 0 fully saturated rings. The van der Waals surface area contributed by atoms with Crippen LogP contribution in [0.25, 0.3) is 5.95 Å². The van der Waals surface area contributed by atoms with Crippen LogP contribution in [0.4, 0.5) is 5.82 Å². The molecular weight excluding hydrogens is 258 g/mol. The predicted octanol–water partition coefficient (Wildman–Crippen LogP) is 1.62. The lowest BCUT2D eigenvalue weighted by Crippen LogP contribution is -2.04. The van der Waals surface area contributed by atoms with Crippen LogP contribution in [0.1, 0.15) is 11.4 Å². The third-order valence-corrected chi connectivity index (χ3v) is 2.48. The largest absolute Gasteiger partial charge is 0.381 e. The SMILES string of the molecule is Cc1cc(C)nc(-n2cc(Br)c(N)n2)n1. The van der Waals surface area contributed by atoms with E-state index in [0.29, 0.717) is 11.8 Å². The highest BCUT2D eigenvalue weighted by molar-refractivity contribution is 9.10. The fraction of sp³-hybridized carbons (Fsp3) is 0.222. The maximum atomic E-state index is 5.62. The second-order valence-electron chi connectivity index (χ2n) is 3.26. The number of nitrogens with two attached hydrogens (primary N) is 1. The lowest BCUT2D eigenvalue weighted by molar-refractivity contribution is 0.797. The van der Waals surface area contributed by atoms with Gasteiger partial charge in [0.05, 0.1) is 10.7 Å². The van der Waals surface area contributed by atoms with Gasteiger partial charge in [-0.1, -0.05) is 0 Å². The Morgan fingerprint density at radius 1 is 1.27 bits per heavy atom. The molecule has 0 saturated carbocycles. The molecule has 78 valence electrons. The first-order valence-corrected chi connectivity index (χ1v) is 5.19. The summed E-state index contributed by atoms with van der Waals surface area (Å²) in [5.41, 5.74) is 7.43. The van der Waals surface area contributed by atoms with E-state index in [1.54, 1.807) is 10.9 Å². The number of hydrogen-bond acceptors (Lipinski definition) is 4. The van der Waals surface area contributed by atoms with E-state index in [2.05, 4.69) is 31.0 Å². The average molecular weight is 268 g/mol.